The first-order valence-electron chi connectivity index (χ1n) is 10.8. The van der Waals surface area contributed by atoms with Gasteiger partial charge in [0.1, 0.15) is 11.4 Å². The predicted molar refractivity (Wildman–Crippen MR) is 120 cm³/mol. The molecule has 3 rings (SSSR count). The van der Waals surface area contributed by atoms with Gasteiger partial charge in [0, 0.05) is 24.7 Å². The van der Waals surface area contributed by atoms with Crippen molar-refractivity contribution in [1.82, 2.24) is 0 Å². The highest BCUT2D eigenvalue weighted by atomic mass is 16.5. The number of fused-ring (bicyclic) bond motifs is 1. The molecule has 0 heterocycles. The van der Waals surface area contributed by atoms with Gasteiger partial charge in [-0.25, -0.2) is 0 Å². The molecule has 0 aliphatic heterocycles. The van der Waals surface area contributed by atoms with Gasteiger partial charge in [-0.2, -0.15) is 0 Å². The van der Waals surface area contributed by atoms with E-state index in [4.69, 9.17) is 9.84 Å². The van der Waals surface area contributed by atoms with Crippen LogP contribution in [-0.2, 0) is 4.79 Å². The van der Waals surface area contributed by atoms with E-state index >= 15 is 0 Å². The van der Waals surface area contributed by atoms with Crippen molar-refractivity contribution in [2.45, 2.75) is 65.4 Å². The van der Waals surface area contributed by atoms with Gasteiger partial charge in [0.15, 0.2) is 0 Å². The number of benzene rings is 2. The molecule has 2 aromatic rings. The summed E-state index contributed by atoms with van der Waals surface area (Å²) in [6, 6.07) is 12.6. The number of nitrogens with zero attached hydrogens (tertiary/aromatic N) is 1. The Morgan fingerprint density at radius 2 is 1.72 bits per heavy atom. The summed E-state index contributed by atoms with van der Waals surface area (Å²) in [7, 11) is 1.94. The lowest BCUT2D eigenvalue weighted by Crippen LogP contribution is -2.49. The van der Waals surface area contributed by atoms with E-state index in [0.29, 0.717) is 6.54 Å². The van der Waals surface area contributed by atoms with Crippen LogP contribution in [0.4, 0.5) is 5.69 Å². The van der Waals surface area contributed by atoms with Gasteiger partial charge in [-0.15, -0.1) is 0 Å². The van der Waals surface area contributed by atoms with E-state index in [9.17, 15) is 4.79 Å². The quantitative estimate of drug-likeness (QED) is 0.637. The van der Waals surface area contributed by atoms with E-state index in [0.717, 1.165) is 35.1 Å². The number of carbonyl (C=O) groups is 1. The Balaban J connectivity index is 1.83. The molecule has 1 unspecified atom stereocenters. The van der Waals surface area contributed by atoms with E-state index in [1.165, 1.54) is 19.3 Å². The van der Waals surface area contributed by atoms with Crippen molar-refractivity contribution >= 4 is 22.4 Å². The molecule has 2 aromatic carbocycles. The summed E-state index contributed by atoms with van der Waals surface area (Å²) in [5.74, 6) is -0.236. The molecule has 0 spiro atoms. The van der Waals surface area contributed by atoms with Gasteiger partial charge in [-0.1, -0.05) is 46.2 Å². The van der Waals surface area contributed by atoms with Crippen LogP contribution >= 0.6 is 0 Å². The smallest absolute Gasteiger partial charge is 0.308 e. The number of carboxylic acid groups (broad SMARTS) is 1. The predicted octanol–water partition coefficient (Wildman–Crippen LogP) is 6.12. The Bertz CT molecular complexity index is 862. The van der Waals surface area contributed by atoms with Crippen LogP contribution in [0.2, 0.25) is 0 Å². The van der Waals surface area contributed by atoms with Crippen molar-refractivity contribution in [3.05, 3.63) is 36.4 Å². The number of carboxylic acids is 1. The number of aliphatic carboxylic acids is 1. The molecule has 0 aromatic heterocycles. The number of anilines is 1. The molecule has 158 valence electrons. The van der Waals surface area contributed by atoms with Crippen LogP contribution in [-0.4, -0.2) is 30.3 Å². The molecular weight excluding hydrogens is 362 g/mol. The van der Waals surface area contributed by atoms with Crippen molar-refractivity contribution in [2.75, 3.05) is 18.5 Å². The highest BCUT2D eigenvalue weighted by Crippen LogP contribution is 2.45. The Morgan fingerprint density at radius 3 is 2.34 bits per heavy atom. The zero-order chi connectivity index (χ0) is 21.2. The standard InChI is InChI=1S/C25H35NO3/c1-18(23(27)28)17-26(5)21-11-9-20-16-22(12-10-19(20)15-21)29-25(24(2,3)4)13-7-6-8-14-25/h9-12,15-16,18H,6-8,13-14,17H2,1-5H3,(H,27,28). The van der Waals surface area contributed by atoms with E-state index in [1.807, 2.05) is 11.9 Å². The summed E-state index contributed by atoms with van der Waals surface area (Å²) in [5, 5.41) is 11.4. The van der Waals surface area contributed by atoms with Crippen LogP contribution in [0.5, 0.6) is 5.75 Å². The van der Waals surface area contributed by atoms with Crippen molar-refractivity contribution in [3.8, 4) is 5.75 Å². The minimum Gasteiger partial charge on any atom is -0.487 e. The first-order valence-corrected chi connectivity index (χ1v) is 10.8. The average molecular weight is 398 g/mol. The molecule has 1 aliphatic carbocycles. The van der Waals surface area contributed by atoms with Gasteiger partial charge in [-0.3, -0.25) is 4.79 Å². The summed E-state index contributed by atoms with van der Waals surface area (Å²) in [6.07, 6.45) is 5.99. The summed E-state index contributed by atoms with van der Waals surface area (Å²) >= 11 is 0. The summed E-state index contributed by atoms with van der Waals surface area (Å²) < 4.78 is 6.70. The molecule has 1 N–H and O–H groups in total. The van der Waals surface area contributed by atoms with Crippen LogP contribution in [0, 0.1) is 11.3 Å². The van der Waals surface area contributed by atoms with Crippen LogP contribution < -0.4 is 9.64 Å². The Hall–Kier alpha value is -2.23. The monoisotopic (exact) mass is 397 g/mol. The number of rotatable bonds is 6. The molecule has 1 aliphatic rings. The molecule has 0 bridgehead atoms. The second kappa shape index (κ2) is 8.25. The van der Waals surface area contributed by atoms with Crippen LogP contribution in [0.1, 0.15) is 59.8 Å². The largest absolute Gasteiger partial charge is 0.487 e. The first-order chi connectivity index (χ1) is 13.6. The third kappa shape index (κ3) is 4.68. The molecule has 1 fully saturated rings. The van der Waals surface area contributed by atoms with E-state index in [1.54, 1.807) is 6.92 Å². The van der Waals surface area contributed by atoms with Gasteiger partial charge in [0.2, 0.25) is 0 Å². The van der Waals surface area contributed by atoms with Gasteiger partial charge < -0.3 is 14.7 Å². The molecule has 0 amide bonds. The minimum atomic E-state index is -0.769. The maximum atomic E-state index is 11.1. The molecule has 0 radical (unpaired) electrons. The highest BCUT2D eigenvalue weighted by Gasteiger charge is 2.44. The van der Waals surface area contributed by atoms with Crippen molar-refractivity contribution in [2.24, 2.45) is 11.3 Å². The lowest BCUT2D eigenvalue weighted by Gasteiger charge is -2.47. The fourth-order valence-electron chi connectivity index (χ4n) is 4.46. The Labute approximate surface area is 174 Å². The summed E-state index contributed by atoms with van der Waals surface area (Å²) in [5.41, 5.74) is 1.01. The third-order valence-electron chi connectivity index (χ3n) is 6.55. The second-order valence-electron chi connectivity index (χ2n) is 9.72. The van der Waals surface area contributed by atoms with Crippen molar-refractivity contribution in [3.63, 3.8) is 0 Å². The molecule has 29 heavy (non-hydrogen) atoms. The fraction of sp³-hybridized carbons (Fsp3) is 0.560. The summed E-state index contributed by atoms with van der Waals surface area (Å²) in [4.78, 5) is 13.1. The maximum absolute atomic E-state index is 11.1. The lowest BCUT2D eigenvalue weighted by atomic mass is 9.68. The van der Waals surface area contributed by atoms with E-state index < -0.39 is 11.9 Å². The number of hydrogen-bond donors (Lipinski definition) is 1. The van der Waals surface area contributed by atoms with E-state index in [2.05, 4.69) is 57.2 Å². The Kier molecular flexibility index (Phi) is 6.11. The number of hydrogen-bond acceptors (Lipinski definition) is 3. The molecule has 1 saturated carbocycles. The molecule has 4 nitrogen and oxygen atoms in total. The van der Waals surface area contributed by atoms with Crippen molar-refractivity contribution in [1.29, 1.82) is 0 Å². The maximum Gasteiger partial charge on any atom is 0.308 e. The minimum absolute atomic E-state index is 0.0930. The molecular formula is C25H35NO3. The third-order valence-corrected chi connectivity index (χ3v) is 6.55. The van der Waals surface area contributed by atoms with E-state index in [-0.39, 0.29) is 11.0 Å². The van der Waals surface area contributed by atoms with Gasteiger partial charge in [0.05, 0.1) is 5.92 Å². The topological polar surface area (TPSA) is 49.8 Å². The molecule has 0 saturated heterocycles. The number of ether oxygens (including phenoxy) is 1. The highest BCUT2D eigenvalue weighted by molar-refractivity contribution is 5.87. The van der Waals surface area contributed by atoms with Gasteiger partial charge >= 0.3 is 5.97 Å². The van der Waals surface area contributed by atoms with Crippen LogP contribution in [0.3, 0.4) is 0 Å². The fourth-order valence-corrected chi connectivity index (χ4v) is 4.46. The van der Waals surface area contributed by atoms with Gasteiger partial charge in [-0.05, 0) is 60.7 Å². The average Bonchev–Trinajstić information content (AvgIpc) is 2.67. The normalized spacial score (nSPS) is 17.7. The first kappa shape index (κ1) is 21.5. The lowest BCUT2D eigenvalue weighted by molar-refractivity contribution is -0.140. The van der Waals surface area contributed by atoms with Crippen molar-refractivity contribution < 1.29 is 14.6 Å². The Morgan fingerprint density at radius 1 is 1.10 bits per heavy atom. The van der Waals surface area contributed by atoms with Crippen LogP contribution in [0.25, 0.3) is 10.8 Å². The zero-order valence-corrected chi connectivity index (χ0v) is 18.5. The zero-order valence-electron chi connectivity index (χ0n) is 18.5. The second-order valence-corrected chi connectivity index (χ2v) is 9.72. The summed E-state index contributed by atoms with van der Waals surface area (Å²) in [6.45, 7) is 9.09. The molecule has 4 heteroatoms. The SMILES string of the molecule is CC(CN(C)c1ccc2cc(OC3(C(C)(C)C)CCCCC3)ccc2c1)C(=O)O. The molecule has 1 atom stereocenters. The van der Waals surface area contributed by atoms with Crippen LogP contribution in [0.15, 0.2) is 36.4 Å². The van der Waals surface area contributed by atoms with Gasteiger partial charge in [0.25, 0.3) is 0 Å².